The largest absolute Gasteiger partial charge is 0.455 e. The van der Waals surface area contributed by atoms with Crippen LogP contribution in [0.3, 0.4) is 0 Å². The first-order valence-corrected chi connectivity index (χ1v) is 15.5. The Morgan fingerprint density at radius 1 is 0.545 bits per heavy atom. The number of fused-ring (bicyclic) bond motifs is 13. The highest BCUT2D eigenvalue weighted by Gasteiger charge is 2.36. The second-order valence-electron chi connectivity index (χ2n) is 13.0. The van der Waals surface area contributed by atoms with E-state index < -0.39 is 0 Å². The Kier molecular flexibility index (Phi) is 4.51. The maximum atomic E-state index is 6.91. The molecule has 3 heterocycles. The lowest BCUT2D eigenvalue weighted by atomic mass is 9.82. The minimum atomic E-state index is -0.0516. The molecule has 1 aliphatic carbocycles. The molecule has 0 bridgehead atoms. The predicted molar refractivity (Wildman–Crippen MR) is 184 cm³/mol. The number of aromatic nitrogens is 2. The molecule has 9 aromatic rings. The monoisotopic (exact) mass is 566 g/mol. The van der Waals surface area contributed by atoms with E-state index in [9.17, 15) is 0 Å². The lowest BCUT2D eigenvalue weighted by Crippen LogP contribution is -2.15. The van der Waals surface area contributed by atoms with E-state index in [1.807, 2.05) is 0 Å². The van der Waals surface area contributed by atoms with Crippen molar-refractivity contribution in [1.82, 2.24) is 9.13 Å². The summed E-state index contributed by atoms with van der Waals surface area (Å²) in [5, 5.41) is 7.37. The summed E-state index contributed by atoms with van der Waals surface area (Å²) in [6.07, 6.45) is 0. The number of hydrogen-bond donors (Lipinski definition) is 0. The highest BCUT2D eigenvalue weighted by atomic mass is 16.3. The first kappa shape index (κ1) is 24.2. The third-order valence-electron chi connectivity index (χ3n) is 10.4. The highest BCUT2D eigenvalue weighted by Crippen LogP contribution is 2.51. The molecule has 3 nitrogen and oxygen atoms in total. The van der Waals surface area contributed by atoms with E-state index in [4.69, 9.17) is 4.42 Å². The summed E-state index contributed by atoms with van der Waals surface area (Å²) in [7, 11) is 2.14. The molecule has 10 rings (SSSR count). The second kappa shape index (κ2) is 8.21. The van der Waals surface area contributed by atoms with Crippen LogP contribution in [0.2, 0.25) is 0 Å². The van der Waals surface area contributed by atoms with E-state index in [0.717, 1.165) is 17.7 Å². The van der Waals surface area contributed by atoms with E-state index >= 15 is 0 Å². The van der Waals surface area contributed by atoms with Gasteiger partial charge in [-0.15, -0.1) is 0 Å². The molecule has 210 valence electrons. The Bertz CT molecular complexity index is 2680. The molecule has 1 aliphatic rings. The topological polar surface area (TPSA) is 23.0 Å². The van der Waals surface area contributed by atoms with Crippen LogP contribution in [0.5, 0.6) is 0 Å². The fourth-order valence-corrected chi connectivity index (χ4v) is 8.26. The summed E-state index contributed by atoms with van der Waals surface area (Å²) in [6, 6.07) is 42.4. The zero-order chi connectivity index (χ0) is 29.3. The predicted octanol–water partition coefficient (Wildman–Crippen LogP) is 10.7. The van der Waals surface area contributed by atoms with Crippen LogP contribution >= 0.6 is 0 Å². The van der Waals surface area contributed by atoms with E-state index in [-0.39, 0.29) is 5.41 Å². The standard InChI is InChI=1S/C41H30N2O/c1-41(2)32-16-7-4-12-25(32)30-21-31-26-13-5-9-18-35(26)43(37(31)22-33(30)41)23-24-11-10-15-27-28-19-20-36-38(40(28)44-39(24)27)29-14-6-8-17-34(29)42(36)3/h4-22H,23H2,1-3H3. The molecule has 0 spiro atoms. The molecule has 0 radical (unpaired) electrons. The third-order valence-corrected chi connectivity index (χ3v) is 10.4. The van der Waals surface area contributed by atoms with Gasteiger partial charge in [-0.25, -0.2) is 0 Å². The van der Waals surface area contributed by atoms with Gasteiger partial charge in [0, 0.05) is 61.5 Å². The Morgan fingerprint density at radius 3 is 2.16 bits per heavy atom. The molecular weight excluding hydrogens is 536 g/mol. The van der Waals surface area contributed by atoms with E-state index in [1.54, 1.807) is 0 Å². The van der Waals surface area contributed by atoms with Gasteiger partial charge in [-0.1, -0.05) is 92.7 Å². The molecule has 0 saturated heterocycles. The molecule has 3 heteroatoms. The van der Waals surface area contributed by atoms with Crippen molar-refractivity contribution in [2.24, 2.45) is 7.05 Å². The maximum absolute atomic E-state index is 6.91. The van der Waals surface area contributed by atoms with E-state index in [0.29, 0.717) is 0 Å². The Balaban J connectivity index is 1.23. The average Bonchev–Trinajstić information content (AvgIpc) is 3.74. The van der Waals surface area contributed by atoms with Crippen LogP contribution in [0.25, 0.3) is 76.7 Å². The first-order valence-electron chi connectivity index (χ1n) is 15.5. The number of furan rings is 1. The van der Waals surface area contributed by atoms with Crippen molar-refractivity contribution in [1.29, 1.82) is 0 Å². The quantitative estimate of drug-likeness (QED) is 0.204. The SMILES string of the molecule is Cn1c2ccccc2c2c3oc4c(Cn5c6ccccc6c6cc7c(cc65)C(C)(C)c5ccccc5-7)cccc4c3ccc21. The zero-order valence-electron chi connectivity index (χ0n) is 25.0. The van der Waals surface area contributed by atoms with Gasteiger partial charge < -0.3 is 13.6 Å². The fourth-order valence-electron chi connectivity index (χ4n) is 8.26. The van der Waals surface area contributed by atoms with Crippen molar-refractivity contribution in [3.05, 3.63) is 132 Å². The Morgan fingerprint density at radius 2 is 1.27 bits per heavy atom. The van der Waals surface area contributed by atoms with Crippen molar-refractivity contribution in [2.45, 2.75) is 25.8 Å². The third kappa shape index (κ3) is 2.92. The summed E-state index contributed by atoms with van der Waals surface area (Å²) in [5.74, 6) is 0. The van der Waals surface area contributed by atoms with Crippen LogP contribution < -0.4 is 0 Å². The highest BCUT2D eigenvalue weighted by molar-refractivity contribution is 6.23. The minimum absolute atomic E-state index is 0.0516. The molecule has 44 heavy (non-hydrogen) atoms. The number of benzene rings is 6. The normalized spacial score (nSPS) is 14.1. The molecule has 3 aromatic heterocycles. The fraction of sp³-hybridized carbons (Fsp3) is 0.122. The molecule has 0 fully saturated rings. The van der Waals surface area contributed by atoms with Gasteiger partial charge in [0.2, 0.25) is 0 Å². The molecular formula is C41H30N2O. The van der Waals surface area contributed by atoms with Crippen LogP contribution in [0, 0.1) is 0 Å². The zero-order valence-corrected chi connectivity index (χ0v) is 25.0. The first-order chi connectivity index (χ1) is 21.5. The molecule has 0 saturated carbocycles. The number of hydrogen-bond acceptors (Lipinski definition) is 1. The number of aryl methyl sites for hydroxylation is 1. The van der Waals surface area contributed by atoms with Crippen LogP contribution in [0.1, 0.15) is 30.5 Å². The van der Waals surface area contributed by atoms with Crippen molar-refractivity contribution >= 4 is 65.6 Å². The van der Waals surface area contributed by atoms with Crippen molar-refractivity contribution < 1.29 is 4.42 Å². The number of para-hydroxylation sites is 3. The molecule has 0 aliphatic heterocycles. The van der Waals surface area contributed by atoms with E-state index in [1.165, 1.54) is 82.2 Å². The van der Waals surface area contributed by atoms with E-state index in [2.05, 4.69) is 145 Å². The smallest absolute Gasteiger partial charge is 0.145 e. The molecule has 0 unspecified atom stereocenters. The van der Waals surface area contributed by atoms with Gasteiger partial charge in [0.1, 0.15) is 11.2 Å². The summed E-state index contributed by atoms with van der Waals surface area (Å²) in [5.41, 5.74) is 13.6. The van der Waals surface area contributed by atoms with Crippen LogP contribution in [-0.2, 0) is 19.0 Å². The molecule has 0 atom stereocenters. The van der Waals surface area contributed by atoms with Gasteiger partial charge in [-0.2, -0.15) is 0 Å². The number of nitrogens with zero attached hydrogens (tertiary/aromatic N) is 2. The average molecular weight is 567 g/mol. The van der Waals surface area contributed by atoms with Gasteiger partial charge in [0.25, 0.3) is 0 Å². The summed E-state index contributed by atoms with van der Waals surface area (Å²) in [6.45, 7) is 5.45. The minimum Gasteiger partial charge on any atom is -0.455 e. The Labute approximate surface area is 254 Å². The molecule has 0 N–H and O–H groups in total. The summed E-state index contributed by atoms with van der Waals surface area (Å²) in [4.78, 5) is 0. The maximum Gasteiger partial charge on any atom is 0.145 e. The number of rotatable bonds is 2. The van der Waals surface area contributed by atoms with Crippen molar-refractivity contribution in [2.75, 3.05) is 0 Å². The lowest BCUT2D eigenvalue weighted by molar-refractivity contribution is 0.659. The van der Waals surface area contributed by atoms with Crippen LogP contribution in [-0.4, -0.2) is 9.13 Å². The molecule has 0 amide bonds. The molecule has 6 aromatic carbocycles. The van der Waals surface area contributed by atoms with Crippen molar-refractivity contribution in [3.63, 3.8) is 0 Å². The lowest BCUT2D eigenvalue weighted by Gasteiger charge is -2.21. The van der Waals surface area contributed by atoms with Crippen LogP contribution in [0.4, 0.5) is 0 Å². The summed E-state index contributed by atoms with van der Waals surface area (Å²) < 4.78 is 11.7. The van der Waals surface area contributed by atoms with Gasteiger partial charge in [-0.05, 0) is 58.7 Å². The van der Waals surface area contributed by atoms with Crippen LogP contribution in [0.15, 0.2) is 120 Å². The Hall–Kier alpha value is -5.28. The van der Waals surface area contributed by atoms with Gasteiger partial charge >= 0.3 is 0 Å². The summed E-state index contributed by atoms with van der Waals surface area (Å²) >= 11 is 0. The van der Waals surface area contributed by atoms with Crippen molar-refractivity contribution in [3.8, 4) is 11.1 Å². The second-order valence-corrected chi connectivity index (χ2v) is 13.0. The van der Waals surface area contributed by atoms with Gasteiger partial charge in [0.15, 0.2) is 0 Å². The van der Waals surface area contributed by atoms with Gasteiger partial charge in [-0.3, -0.25) is 0 Å². The van der Waals surface area contributed by atoms with Gasteiger partial charge in [0.05, 0.1) is 17.4 Å².